The maximum atomic E-state index is 12.2. The van der Waals surface area contributed by atoms with Gasteiger partial charge in [0.05, 0.1) is 16.3 Å². The predicted molar refractivity (Wildman–Crippen MR) is 67.5 cm³/mol. The van der Waals surface area contributed by atoms with Gasteiger partial charge in [-0.05, 0) is 24.6 Å². The van der Waals surface area contributed by atoms with Gasteiger partial charge in [-0.2, -0.15) is 0 Å². The second-order valence-electron chi connectivity index (χ2n) is 4.18. The molecule has 0 saturated carbocycles. The van der Waals surface area contributed by atoms with E-state index in [1.807, 2.05) is 6.92 Å². The number of rotatable bonds is 3. The molecule has 96 valence electrons. The van der Waals surface area contributed by atoms with Crippen LogP contribution in [0.25, 0.3) is 0 Å². The Morgan fingerprint density at radius 1 is 1.39 bits per heavy atom. The summed E-state index contributed by atoms with van der Waals surface area (Å²) in [4.78, 5) is 0.138. The normalized spacial score (nSPS) is 11.7. The van der Waals surface area contributed by atoms with Gasteiger partial charge in [0, 0.05) is 13.2 Å². The van der Waals surface area contributed by atoms with Crippen molar-refractivity contribution in [1.82, 2.24) is 15.0 Å². The Labute approximate surface area is 105 Å². The fourth-order valence-corrected chi connectivity index (χ4v) is 3.06. The van der Waals surface area contributed by atoms with E-state index < -0.39 is 9.84 Å². The lowest BCUT2D eigenvalue weighted by molar-refractivity contribution is 0.595. The van der Waals surface area contributed by atoms with Crippen molar-refractivity contribution in [2.24, 2.45) is 7.05 Å². The Balaban J connectivity index is 2.36. The molecular formula is C11H14N4O2S. The van der Waals surface area contributed by atoms with Crippen molar-refractivity contribution in [3.63, 3.8) is 0 Å². The van der Waals surface area contributed by atoms with E-state index in [1.54, 1.807) is 25.4 Å². The van der Waals surface area contributed by atoms with Crippen molar-refractivity contribution >= 4 is 15.5 Å². The zero-order valence-electron chi connectivity index (χ0n) is 10.2. The largest absolute Gasteiger partial charge is 0.398 e. The molecule has 0 aliphatic rings. The highest BCUT2D eigenvalue weighted by Gasteiger charge is 2.19. The van der Waals surface area contributed by atoms with E-state index in [0.29, 0.717) is 5.69 Å². The van der Waals surface area contributed by atoms with E-state index in [4.69, 9.17) is 5.73 Å². The number of anilines is 1. The van der Waals surface area contributed by atoms with Gasteiger partial charge in [0.2, 0.25) is 0 Å². The average Bonchev–Trinajstić information content (AvgIpc) is 2.62. The van der Waals surface area contributed by atoms with Gasteiger partial charge in [0.25, 0.3) is 0 Å². The first-order chi connectivity index (χ1) is 8.38. The molecule has 2 N–H and O–H groups in total. The second-order valence-corrected chi connectivity index (χ2v) is 6.14. The van der Waals surface area contributed by atoms with Gasteiger partial charge in [-0.3, -0.25) is 4.68 Å². The Kier molecular flexibility index (Phi) is 3.08. The molecule has 1 aromatic carbocycles. The van der Waals surface area contributed by atoms with Crippen LogP contribution in [-0.4, -0.2) is 23.4 Å². The maximum absolute atomic E-state index is 12.2. The smallest absolute Gasteiger partial charge is 0.186 e. The number of hydrogen-bond acceptors (Lipinski definition) is 5. The van der Waals surface area contributed by atoms with Gasteiger partial charge in [-0.25, -0.2) is 8.42 Å². The summed E-state index contributed by atoms with van der Waals surface area (Å²) in [7, 11) is -1.80. The van der Waals surface area contributed by atoms with Crippen LogP contribution >= 0.6 is 0 Å². The summed E-state index contributed by atoms with van der Waals surface area (Å²) < 4.78 is 25.8. The third-order valence-electron chi connectivity index (χ3n) is 2.49. The fraction of sp³-hybridized carbons (Fsp3) is 0.273. The lowest BCUT2D eigenvalue weighted by Gasteiger charge is -2.06. The van der Waals surface area contributed by atoms with Crippen LogP contribution in [0.2, 0.25) is 0 Å². The van der Waals surface area contributed by atoms with Crippen LogP contribution in [0.4, 0.5) is 5.69 Å². The van der Waals surface area contributed by atoms with Crippen LogP contribution in [0.5, 0.6) is 0 Å². The molecule has 0 unspecified atom stereocenters. The number of hydrogen-bond donors (Lipinski definition) is 1. The standard InChI is InChI=1S/C11H14N4O2S/c1-8-3-4-11(10(12)5-8)18(16,17)7-9-6-15(2)14-13-9/h3-6H,7,12H2,1-2H3. The molecule has 2 aromatic rings. The van der Waals surface area contributed by atoms with Crippen molar-refractivity contribution in [1.29, 1.82) is 0 Å². The molecule has 0 spiro atoms. The molecule has 1 heterocycles. The van der Waals surface area contributed by atoms with Crippen molar-refractivity contribution < 1.29 is 8.42 Å². The van der Waals surface area contributed by atoms with Gasteiger partial charge in [0.1, 0.15) is 5.75 Å². The van der Waals surface area contributed by atoms with Crippen LogP contribution in [0.1, 0.15) is 11.3 Å². The Morgan fingerprint density at radius 2 is 2.11 bits per heavy atom. The van der Waals surface area contributed by atoms with Crippen LogP contribution in [0, 0.1) is 6.92 Å². The van der Waals surface area contributed by atoms with E-state index in [1.165, 1.54) is 10.7 Å². The molecule has 2 rings (SSSR count). The first-order valence-electron chi connectivity index (χ1n) is 5.32. The first-order valence-corrected chi connectivity index (χ1v) is 6.98. The lowest BCUT2D eigenvalue weighted by Crippen LogP contribution is -2.08. The number of nitrogens with zero attached hydrogens (tertiary/aromatic N) is 3. The van der Waals surface area contributed by atoms with E-state index in [-0.39, 0.29) is 16.3 Å². The molecule has 6 nitrogen and oxygen atoms in total. The molecule has 0 amide bonds. The summed E-state index contributed by atoms with van der Waals surface area (Å²) >= 11 is 0. The van der Waals surface area contributed by atoms with Crippen molar-refractivity contribution in [2.75, 3.05) is 5.73 Å². The van der Waals surface area contributed by atoms with Crippen LogP contribution < -0.4 is 5.73 Å². The number of aromatic nitrogens is 3. The number of nitrogen functional groups attached to an aromatic ring is 1. The van der Waals surface area contributed by atoms with E-state index in [9.17, 15) is 8.42 Å². The summed E-state index contributed by atoms with van der Waals surface area (Å²) in [6.45, 7) is 1.86. The van der Waals surface area contributed by atoms with Gasteiger partial charge in [0.15, 0.2) is 9.84 Å². The first kappa shape index (κ1) is 12.6. The summed E-state index contributed by atoms with van der Waals surface area (Å²) in [6, 6.07) is 4.89. The molecule has 0 aliphatic carbocycles. The van der Waals surface area contributed by atoms with Gasteiger partial charge in [-0.1, -0.05) is 11.3 Å². The molecule has 0 bridgehead atoms. The number of sulfone groups is 1. The third-order valence-corrected chi connectivity index (χ3v) is 4.21. The van der Waals surface area contributed by atoms with Gasteiger partial charge >= 0.3 is 0 Å². The highest BCUT2D eigenvalue weighted by atomic mass is 32.2. The molecule has 0 aliphatic heterocycles. The van der Waals surface area contributed by atoms with Gasteiger partial charge < -0.3 is 5.73 Å². The highest BCUT2D eigenvalue weighted by molar-refractivity contribution is 7.90. The lowest BCUT2D eigenvalue weighted by atomic mass is 10.2. The highest BCUT2D eigenvalue weighted by Crippen LogP contribution is 2.22. The zero-order valence-corrected chi connectivity index (χ0v) is 11.0. The zero-order chi connectivity index (χ0) is 13.3. The number of benzene rings is 1. The monoisotopic (exact) mass is 266 g/mol. The number of nitrogens with two attached hydrogens (primary N) is 1. The molecule has 0 fully saturated rings. The molecule has 18 heavy (non-hydrogen) atoms. The maximum Gasteiger partial charge on any atom is 0.186 e. The van der Waals surface area contributed by atoms with E-state index in [0.717, 1.165) is 5.56 Å². The topological polar surface area (TPSA) is 90.9 Å². The Hall–Kier alpha value is -1.89. The Bertz CT molecular complexity index is 676. The molecule has 0 radical (unpaired) electrons. The minimum Gasteiger partial charge on any atom is -0.398 e. The quantitative estimate of drug-likeness (QED) is 0.825. The summed E-state index contributed by atoms with van der Waals surface area (Å²) in [5, 5.41) is 7.47. The predicted octanol–water partition coefficient (Wildman–Crippen LogP) is 0.680. The van der Waals surface area contributed by atoms with Crippen molar-refractivity contribution in [3.8, 4) is 0 Å². The minimum absolute atomic E-state index is 0.138. The van der Waals surface area contributed by atoms with Crippen molar-refractivity contribution in [3.05, 3.63) is 35.7 Å². The summed E-state index contributed by atoms with van der Waals surface area (Å²) in [6.07, 6.45) is 1.57. The SMILES string of the molecule is Cc1ccc(S(=O)(=O)Cc2cn(C)nn2)c(N)c1. The van der Waals surface area contributed by atoms with E-state index >= 15 is 0 Å². The minimum atomic E-state index is -3.49. The second kappa shape index (κ2) is 4.41. The van der Waals surface area contributed by atoms with E-state index in [2.05, 4.69) is 10.3 Å². The van der Waals surface area contributed by atoms with Crippen LogP contribution in [-0.2, 0) is 22.6 Å². The summed E-state index contributed by atoms with van der Waals surface area (Å²) in [5.74, 6) is -0.200. The molecule has 0 atom stereocenters. The van der Waals surface area contributed by atoms with Crippen LogP contribution in [0.3, 0.4) is 0 Å². The van der Waals surface area contributed by atoms with Gasteiger partial charge in [-0.15, -0.1) is 5.10 Å². The average molecular weight is 266 g/mol. The molecule has 7 heteroatoms. The third kappa shape index (κ3) is 2.51. The molecule has 1 aromatic heterocycles. The fourth-order valence-electron chi connectivity index (χ4n) is 1.68. The van der Waals surface area contributed by atoms with Crippen molar-refractivity contribution in [2.45, 2.75) is 17.6 Å². The van der Waals surface area contributed by atoms with Crippen LogP contribution in [0.15, 0.2) is 29.3 Å². The Morgan fingerprint density at radius 3 is 2.67 bits per heavy atom. The number of aryl methyl sites for hydroxylation is 2. The molecule has 0 saturated heterocycles. The molecular weight excluding hydrogens is 252 g/mol. The summed E-state index contributed by atoms with van der Waals surface area (Å²) in [5.41, 5.74) is 7.33.